The molecule has 1 saturated carbocycles. The van der Waals surface area contributed by atoms with Gasteiger partial charge in [-0.25, -0.2) is 0 Å². The molecule has 1 aliphatic carbocycles. The molecule has 2 unspecified atom stereocenters. The highest BCUT2D eigenvalue weighted by atomic mass is 35.5. The van der Waals surface area contributed by atoms with E-state index in [9.17, 15) is 0 Å². The van der Waals surface area contributed by atoms with Gasteiger partial charge in [-0.15, -0.1) is 11.6 Å². The van der Waals surface area contributed by atoms with Crippen molar-refractivity contribution < 1.29 is 4.52 Å². The summed E-state index contributed by atoms with van der Waals surface area (Å²) in [5, 5.41) is 3.99. The van der Waals surface area contributed by atoms with Crippen LogP contribution in [0.2, 0.25) is 0 Å². The largest absolute Gasteiger partial charge is 0.338 e. The summed E-state index contributed by atoms with van der Waals surface area (Å²) in [6, 6.07) is 0. The topological polar surface area (TPSA) is 38.9 Å². The fraction of sp³-hybridized carbons (Fsp3) is 0.800. The maximum atomic E-state index is 5.62. The summed E-state index contributed by atoms with van der Waals surface area (Å²) in [4.78, 5) is 4.29. The molecule has 1 aromatic heterocycles. The molecule has 0 bridgehead atoms. The third-order valence-corrected chi connectivity index (χ3v) is 3.27. The van der Waals surface area contributed by atoms with E-state index in [1.807, 2.05) is 0 Å². The predicted molar refractivity (Wildman–Crippen MR) is 54.2 cm³/mol. The van der Waals surface area contributed by atoms with Gasteiger partial charge in [0.1, 0.15) is 5.88 Å². The highest BCUT2D eigenvalue weighted by Crippen LogP contribution is 2.35. The van der Waals surface area contributed by atoms with Crippen molar-refractivity contribution in [1.29, 1.82) is 0 Å². The van der Waals surface area contributed by atoms with Crippen molar-refractivity contribution in [2.24, 2.45) is 5.92 Å². The molecule has 0 saturated heterocycles. The van der Waals surface area contributed by atoms with E-state index >= 15 is 0 Å². The van der Waals surface area contributed by atoms with Gasteiger partial charge in [0.15, 0.2) is 5.82 Å². The lowest BCUT2D eigenvalue weighted by molar-refractivity contribution is 0.306. The second kappa shape index (κ2) is 4.30. The maximum Gasteiger partial charge on any atom is 0.241 e. The molecule has 1 fully saturated rings. The summed E-state index contributed by atoms with van der Waals surface area (Å²) in [6.07, 6.45) is 5.06. The Hall–Kier alpha value is -0.570. The van der Waals surface area contributed by atoms with E-state index in [2.05, 4.69) is 17.1 Å². The Kier molecular flexibility index (Phi) is 3.06. The average Bonchev–Trinajstić information content (AvgIpc) is 2.67. The first-order valence-electron chi connectivity index (χ1n) is 5.19. The first-order valence-corrected chi connectivity index (χ1v) is 5.73. The molecule has 0 radical (unpaired) electrons. The zero-order chi connectivity index (χ0) is 9.97. The van der Waals surface area contributed by atoms with Crippen LogP contribution in [0.5, 0.6) is 0 Å². The number of alkyl halides is 1. The Balaban J connectivity index is 2.12. The van der Waals surface area contributed by atoms with Crippen molar-refractivity contribution in [1.82, 2.24) is 10.1 Å². The van der Waals surface area contributed by atoms with Crippen molar-refractivity contribution in [2.45, 2.75) is 44.4 Å². The Labute approximate surface area is 88.8 Å². The second-order valence-electron chi connectivity index (χ2n) is 4.05. The van der Waals surface area contributed by atoms with Gasteiger partial charge in [0, 0.05) is 5.92 Å². The number of rotatable bonds is 2. The second-order valence-corrected chi connectivity index (χ2v) is 4.32. The maximum absolute atomic E-state index is 5.62. The summed E-state index contributed by atoms with van der Waals surface area (Å²) in [7, 11) is 0. The fourth-order valence-electron chi connectivity index (χ4n) is 2.17. The Morgan fingerprint density at radius 3 is 2.86 bits per heavy atom. The highest BCUT2D eigenvalue weighted by molar-refractivity contribution is 6.16. The van der Waals surface area contributed by atoms with Gasteiger partial charge >= 0.3 is 0 Å². The van der Waals surface area contributed by atoms with Crippen molar-refractivity contribution in [2.75, 3.05) is 0 Å². The van der Waals surface area contributed by atoms with Gasteiger partial charge < -0.3 is 4.52 Å². The van der Waals surface area contributed by atoms with Crippen molar-refractivity contribution in [3.8, 4) is 0 Å². The molecule has 78 valence electrons. The molecule has 2 rings (SSSR count). The first kappa shape index (κ1) is 9.97. The van der Waals surface area contributed by atoms with E-state index < -0.39 is 0 Å². The zero-order valence-electron chi connectivity index (χ0n) is 8.37. The number of hydrogen-bond acceptors (Lipinski definition) is 3. The van der Waals surface area contributed by atoms with E-state index in [4.69, 9.17) is 16.1 Å². The van der Waals surface area contributed by atoms with Gasteiger partial charge in [-0.3, -0.25) is 0 Å². The van der Waals surface area contributed by atoms with E-state index in [0.717, 1.165) is 5.82 Å². The number of halogens is 1. The van der Waals surface area contributed by atoms with Crippen LogP contribution in [0.1, 0.15) is 50.2 Å². The van der Waals surface area contributed by atoms with Crippen LogP contribution in [0.25, 0.3) is 0 Å². The van der Waals surface area contributed by atoms with Gasteiger partial charge in [-0.05, 0) is 12.3 Å². The lowest BCUT2D eigenvalue weighted by Gasteiger charge is -2.25. The molecule has 1 aliphatic rings. The van der Waals surface area contributed by atoms with Crippen LogP contribution in [-0.4, -0.2) is 10.1 Å². The van der Waals surface area contributed by atoms with Crippen LogP contribution in [0.3, 0.4) is 0 Å². The Bertz CT molecular complexity index is 300. The summed E-state index contributed by atoms with van der Waals surface area (Å²) in [5.74, 6) is 2.86. The summed E-state index contributed by atoms with van der Waals surface area (Å²) in [5.41, 5.74) is 0. The number of hydrogen-bond donors (Lipinski definition) is 0. The molecule has 1 heterocycles. The number of nitrogens with zero attached hydrogens (tertiary/aromatic N) is 2. The minimum atomic E-state index is 0.314. The third-order valence-electron chi connectivity index (χ3n) is 3.04. The number of aromatic nitrogens is 2. The molecule has 1 aromatic rings. The van der Waals surface area contributed by atoms with Crippen molar-refractivity contribution in [3.63, 3.8) is 0 Å². The summed E-state index contributed by atoms with van der Waals surface area (Å²) < 4.78 is 5.02. The van der Waals surface area contributed by atoms with Gasteiger partial charge in [-0.1, -0.05) is 31.3 Å². The van der Waals surface area contributed by atoms with Crippen molar-refractivity contribution in [3.05, 3.63) is 11.7 Å². The van der Waals surface area contributed by atoms with Crippen LogP contribution >= 0.6 is 11.6 Å². The molecule has 0 amide bonds. The fourth-order valence-corrected chi connectivity index (χ4v) is 2.28. The smallest absolute Gasteiger partial charge is 0.241 e. The molecular weight excluding hydrogens is 200 g/mol. The summed E-state index contributed by atoms with van der Waals surface area (Å²) >= 11 is 5.62. The molecule has 4 heteroatoms. The first-order chi connectivity index (χ1) is 6.81. The zero-order valence-corrected chi connectivity index (χ0v) is 9.13. The van der Waals surface area contributed by atoms with Crippen LogP contribution in [-0.2, 0) is 5.88 Å². The molecule has 2 atom stereocenters. The molecule has 0 aromatic carbocycles. The Morgan fingerprint density at radius 2 is 2.21 bits per heavy atom. The molecule has 0 aliphatic heterocycles. The lowest BCUT2D eigenvalue weighted by Crippen LogP contribution is -2.16. The van der Waals surface area contributed by atoms with Gasteiger partial charge in [-0.2, -0.15) is 4.98 Å². The molecule has 14 heavy (non-hydrogen) atoms. The van der Waals surface area contributed by atoms with Crippen LogP contribution < -0.4 is 0 Å². The van der Waals surface area contributed by atoms with E-state index in [0.29, 0.717) is 23.6 Å². The summed E-state index contributed by atoms with van der Waals surface area (Å²) in [6.45, 7) is 2.26. The quantitative estimate of drug-likeness (QED) is 0.711. The monoisotopic (exact) mass is 214 g/mol. The molecule has 0 N–H and O–H groups in total. The minimum Gasteiger partial charge on any atom is -0.338 e. The molecule has 3 nitrogen and oxygen atoms in total. The third kappa shape index (κ3) is 1.92. The molecule has 0 spiro atoms. The minimum absolute atomic E-state index is 0.314. The van der Waals surface area contributed by atoms with Gasteiger partial charge in [0.05, 0.1) is 0 Å². The van der Waals surface area contributed by atoms with E-state index in [1.54, 1.807) is 0 Å². The highest BCUT2D eigenvalue weighted by Gasteiger charge is 2.26. The van der Waals surface area contributed by atoms with E-state index in [-0.39, 0.29) is 0 Å². The Morgan fingerprint density at radius 1 is 1.43 bits per heavy atom. The van der Waals surface area contributed by atoms with Crippen LogP contribution in [0.15, 0.2) is 4.52 Å². The average molecular weight is 215 g/mol. The lowest BCUT2D eigenvalue weighted by atomic mass is 9.80. The standard InChI is InChI=1S/C10H15ClN2O/c1-7-4-2-3-5-8(7)10-12-9(6-11)14-13-10/h7-8H,2-6H2,1H3. The SMILES string of the molecule is CC1CCCCC1c1noc(CCl)n1. The van der Waals surface area contributed by atoms with Crippen LogP contribution in [0, 0.1) is 5.92 Å². The molecular formula is C10H15ClN2O. The predicted octanol–water partition coefficient (Wildman–Crippen LogP) is 3.10. The van der Waals surface area contributed by atoms with Crippen molar-refractivity contribution >= 4 is 11.6 Å². The van der Waals surface area contributed by atoms with Crippen LogP contribution in [0.4, 0.5) is 0 Å². The van der Waals surface area contributed by atoms with Gasteiger partial charge in [0.25, 0.3) is 0 Å². The normalized spacial score (nSPS) is 27.9. The van der Waals surface area contributed by atoms with E-state index in [1.165, 1.54) is 25.7 Å². The van der Waals surface area contributed by atoms with Gasteiger partial charge in [0.2, 0.25) is 5.89 Å².